The summed E-state index contributed by atoms with van der Waals surface area (Å²) < 4.78 is 0. The summed E-state index contributed by atoms with van der Waals surface area (Å²) in [6, 6.07) is 0.294. The lowest BCUT2D eigenvalue weighted by atomic mass is 10.3. The molecule has 80 valence electrons. The zero-order valence-corrected chi connectivity index (χ0v) is 10.1. The molecule has 1 atom stereocenters. The minimum atomic E-state index is 0.124. The summed E-state index contributed by atoms with van der Waals surface area (Å²) in [6.07, 6.45) is 0. The van der Waals surface area contributed by atoms with Crippen molar-refractivity contribution < 1.29 is 4.79 Å². The van der Waals surface area contributed by atoms with Crippen LogP contribution in [0.15, 0.2) is 0 Å². The predicted molar refractivity (Wildman–Crippen MR) is 57.8 cm³/mol. The maximum atomic E-state index is 10.9. The van der Waals surface area contributed by atoms with Crippen molar-refractivity contribution in [2.45, 2.75) is 33.7 Å². The Morgan fingerprint density at radius 3 is 1.85 bits per heavy atom. The lowest BCUT2D eigenvalue weighted by Gasteiger charge is -2.26. The highest BCUT2D eigenvalue weighted by molar-refractivity contribution is 5.73. The second-order valence-corrected chi connectivity index (χ2v) is 3.24. The Morgan fingerprint density at radius 1 is 1.23 bits per heavy atom. The van der Waals surface area contributed by atoms with E-state index in [9.17, 15) is 4.79 Å². The Balaban J connectivity index is 0. The summed E-state index contributed by atoms with van der Waals surface area (Å²) in [6.45, 7) is 8.55. The van der Waals surface area contributed by atoms with Crippen molar-refractivity contribution in [3.05, 3.63) is 0 Å². The van der Waals surface area contributed by atoms with Gasteiger partial charge < -0.3 is 9.80 Å². The molecule has 13 heavy (non-hydrogen) atoms. The molecule has 0 saturated carbocycles. The summed E-state index contributed by atoms with van der Waals surface area (Å²) in [5.41, 5.74) is 0. The number of carbonyl (C=O) groups excluding carboxylic acids is 1. The molecule has 0 heterocycles. The molecule has 0 N–H and O–H groups in total. The van der Waals surface area contributed by atoms with Crippen molar-refractivity contribution in [2.75, 3.05) is 27.7 Å². The van der Waals surface area contributed by atoms with Crippen molar-refractivity contribution in [1.82, 2.24) is 9.80 Å². The van der Waals surface area contributed by atoms with E-state index in [1.165, 1.54) is 0 Å². The third-order valence-corrected chi connectivity index (χ3v) is 1.79. The van der Waals surface area contributed by atoms with E-state index < -0.39 is 0 Å². The molecule has 0 bridgehead atoms. The number of likely N-dealkylation sites (N-methyl/N-ethyl adjacent to an activating group) is 2. The van der Waals surface area contributed by atoms with E-state index in [4.69, 9.17) is 0 Å². The molecule has 0 aromatic heterocycles. The number of rotatable bonds is 3. The van der Waals surface area contributed by atoms with Gasteiger partial charge in [0.1, 0.15) is 0 Å². The van der Waals surface area contributed by atoms with Crippen LogP contribution in [0.4, 0.5) is 0 Å². The highest BCUT2D eigenvalue weighted by Crippen LogP contribution is 1.96. The normalized spacial score (nSPS) is 11.7. The average molecular weight is 188 g/mol. The van der Waals surface area contributed by atoms with E-state index in [2.05, 4.69) is 4.90 Å². The van der Waals surface area contributed by atoms with Crippen LogP contribution >= 0.6 is 0 Å². The number of hydrogen-bond donors (Lipinski definition) is 0. The van der Waals surface area contributed by atoms with Crippen LogP contribution in [0, 0.1) is 0 Å². The van der Waals surface area contributed by atoms with Gasteiger partial charge in [0, 0.05) is 26.6 Å². The van der Waals surface area contributed by atoms with Gasteiger partial charge >= 0.3 is 0 Å². The molecule has 0 aliphatic carbocycles. The summed E-state index contributed by atoms with van der Waals surface area (Å²) in [7, 11) is 5.84. The Kier molecular flexibility index (Phi) is 9.24. The first kappa shape index (κ1) is 14.9. The summed E-state index contributed by atoms with van der Waals surface area (Å²) in [5.74, 6) is 0.124. The molecule has 0 aliphatic heterocycles. The van der Waals surface area contributed by atoms with Gasteiger partial charge in [0.25, 0.3) is 0 Å². The van der Waals surface area contributed by atoms with Crippen molar-refractivity contribution in [1.29, 1.82) is 0 Å². The fourth-order valence-electron chi connectivity index (χ4n) is 0.961. The second kappa shape index (κ2) is 8.05. The molecular weight excluding hydrogens is 164 g/mol. The highest BCUT2D eigenvalue weighted by Gasteiger charge is 2.11. The summed E-state index contributed by atoms with van der Waals surface area (Å²) in [4.78, 5) is 14.7. The fraction of sp³-hybridized carbons (Fsp3) is 0.900. The van der Waals surface area contributed by atoms with Gasteiger partial charge in [-0.25, -0.2) is 0 Å². The molecular formula is C10H24N2O. The molecule has 0 spiro atoms. The van der Waals surface area contributed by atoms with E-state index in [0.29, 0.717) is 6.04 Å². The second-order valence-electron chi connectivity index (χ2n) is 3.24. The average Bonchev–Trinajstić information content (AvgIpc) is 2.05. The van der Waals surface area contributed by atoms with E-state index in [0.717, 1.165) is 6.54 Å². The minimum Gasteiger partial charge on any atom is -0.342 e. The monoisotopic (exact) mass is 188 g/mol. The molecule has 1 amide bonds. The first-order valence-electron chi connectivity index (χ1n) is 4.83. The van der Waals surface area contributed by atoms with Gasteiger partial charge in [-0.1, -0.05) is 13.8 Å². The van der Waals surface area contributed by atoms with E-state index in [1.807, 2.05) is 41.9 Å². The molecule has 0 radical (unpaired) electrons. The first-order valence-corrected chi connectivity index (χ1v) is 4.83. The van der Waals surface area contributed by atoms with Gasteiger partial charge in [-0.05, 0) is 21.0 Å². The zero-order chi connectivity index (χ0) is 11.0. The first-order chi connectivity index (χ1) is 5.95. The molecule has 3 heteroatoms. The Morgan fingerprint density at radius 2 is 1.62 bits per heavy atom. The molecule has 0 fully saturated rings. The van der Waals surface area contributed by atoms with E-state index in [1.54, 1.807) is 11.8 Å². The van der Waals surface area contributed by atoms with E-state index >= 15 is 0 Å². The molecule has 3 nitrogen and oxygen atoms in total. The van der Waals surface area contributed by atoms with Crippen molar-refractivity contribution in [3.63, 3.8) is 0 Å². The molecule has 1 unspecified atom stereocenters. The van der Waals surface area contributed by atoms with Gasteiger partial charge in [-0.3, -0.25) is 4.79 Å². The minimum absolute atomic E-state index is 0.124. The van der Waals surface area contributed by atoms with Crippen molar-refractivity contribution >= 4 is 5.91 Å². The third-order valence-electron chi connectivity index (χ3n) is 1.79. The lowest BCUT2D eigenvalue weighted by molar-refractivity contribution is -0.129. The Hall–Kier alpha value is -0.570. The number of amides is 1. The molecule has 0 aromatic rings. The van der Waals surface area contributed by atoms with Crippen LogP contribution in [0.1, 0.15) is 27.7 Å². The quantitative estimate of drug-likeness (QED) is 0.669. The smallest absolute Gasteiger partial charge is 0.219 e. The fourth-order valence-corrected chi connectivity index (χ4v) is 0.961. The maximum absolute atomic E-state index is 10.9. The van der Waals surface area contributed by atoms with Crippen LogP contribution in [0.5, 0.6) is 0 Å². The number of nitrogens with zero attached hydrogens (tertiary/aromatic N) is 2. The SMILES string of the molecule is CC.CC(=O)N(C)C(C)CN(C)C. The Labute approximate surface area is 82.7 Å². The largest absolute Gasteiger partial charge is 0.342 e. The van der Waals surface area contributed by atoms with Gasteiger partial charge in [-0.2, -0.15) is 0 Å². The number of hydrogen-bond acceptors (Lipinski definition) is 2. The van der Waals surface area contributed by atoms with Gasteiger partial charge in [0.05, 0.1) is 0 Å². The van der Waals surface area contributed by atoms with Crippen LogP contribution in [0.3, 0.4) is 0 Å². The van der Waals surface area contributed by atoms with Crippen molar-refractivity contribution in [3.8, 4) is 0 Å². The third kappa shape index (κ3) is 7.78. The van der Waals surface area contributed by atoms with Gasteiger partial charge in [-0.15, -0.1) is 0 Å². The Bertz CT molecular complexity index is 135. The predicted octanol–water partition coefficient (Wildman–Crippen LogP) is 1.44. The molecule has 0 saturated heterocycles. The van der Waals surface area contributed by atoms with Crippen LogP contribution in [-0.4, -0.2) is 49.4 Å². The van der Waals surface area contributed by atoms with Crippen LogP contribution in [0.2, 0.25) is 0 Å². The van der Waals surface area contributed by atoms with Crippen LogP contribution < -0.4 is 0 Å². The highest BCUT2D eigenvalue weighted by atomic mass is 16.2. The van der Waals surface area contributed by atoms with Crippen LogP contribution in [0.25, 0.3) is 0 Å². The lowest BCUT2D eigenvalue weighted by Crippen LogP contribution is -2.39. The standard InChI is InChI=1S/C8H18N2O.C2H6/c1-7(6-9(3)4)10(5)8(2)11;1-2/h7H,6H2,1-5H3;1-2H3. The maximum Gasteiger partial charge on any atom is 0.219 e. The topological polar surface area (TPSA) is 23.6 Å². The van der Waals surface area contributed by atoms with Crippen LogP contribution in [-0.2, 0) is 4.79 Å². The summed E-state index contributed by atoms with van der Waals surface area (Å²) >= 11 is 0. The van der Waals surface area contributed by atoms with E-state index in [-0.39, 0.29) is 5.91 Å². The molecule has 0 aromatic carbocycles. The zero-order valence-electron chi connectivity index (χ0n) is 10.1. The van der Waals surface area contributed by atoms with Crippen molar-refractivity contribution in [2.24, 2.45) is 0 Å². The molecule has 0 rings (SSSR count). The number of carbonyl (C=O) groups is 1. The molecule has 0 aliphatic rings. The summed E-state index contributed by atoms with van der Waals surface area (Å²) in [5, 5.41) is 0. The van der Waals surface area contributed by atoms with Gasteiger partial charge in [0.2, 0.25) is 5.91 Å². The van der Waals surface area contributed by atoms with Gasteiger partial charge in [0.15, 0.2) is 0 Å².